The van der Waals surface area contributed by atoms with Gasteiger partial charge in [0.2, 0.25) is 5.13 Å². The maximum Gasteiger partial charge on any atom is 0.216 e. The van der Waals surface area contributed by atoms with Crippen molar-refractivity contribution in [2.45, 2.75) is 46.5 Å². The molecule has 2 aromatic heterocycles. The Morgan fingerprint density at radius 3 is 2.90 bits per heavy atom. The van der Waals surface area contributed by atoms with E-state index in [1.54, 1.807) is 11.3 Å². The summed E-state index contributed by atoms with van der Waals surface area (Å²) in [7, 11) is 0. The number of carbonyl (C=O) groups is 1. The van der Waals surface area contributed by atoms with E-state index in [1.165, 1.54) is 0 Å². The van der Waals surface area contributed by atoms with Crippen LogP contribution < -0.4 is 0 Å². The van der Waals surface area contributed by atoms with Crippen LogP contribution >= 0.6 is 11.3 Å². The van der Waals surface area contributed by atoms with Gasteiger partial charge in [-0.2, -0.15) is 0 Å². The topological polar surface area (TPSA) is 47.8 Å². The number of carbonyl (C=O) groups excluding carboxylic acids is 1. The second kappa shape index (κ2) is 5.13. The minimum absolute atomic E-state index is 0.264. The minimum Gasteiger partial charge on any atom is -0.294 e. The van der Waals surface area contributed by atoms with Crippen molar-refractivity contribution in [3.8, 4) is 5.13 Å². The highest BCUT2D eigenvalue weighted by molar-refractivity contribution is 7.13. The Hall–Kier alpha value is -1.49. The first-order valence-electron chi connectivity index (χ1n) is 7.13. The van der Waals surface area contributed by atoms with E-state index in [0.717, 1.165) is 46.4 Å². The molecule has 0 saturated carbocycles. The van der Waals surface area contributed by atoms with Crippen molar-refractivity contribution < 1.29 is 4.79 Å². The number of hydrogen-bond donors (Lipinski definition) is 0. The minimum atomic E-state index is 0.264. The van der Waals surface area contributed by atoms with Crippen molar-refractivity contribution in [1.82, 2.24) is 14.8 Å². The van der Waals surface area contributed by atoms with Gasteiger partial charge in [-0.1, -0.05) is 25.2 Å². The van der Waals surface area contributed by atoms with E-state index in [0.29, 0.717) is 12.3 Å². The number of hydrogen-bond acceptors (Lipinski definition) is 4. The summed E-state index contributed by atoms with van der Waals surface area (Å²) in [5.41, 5.74) is 3.08. The second-order valence-electron chi connectivity index (χ2n) is 5.83. The van der Waals surface area contributed by atoms with Crippen LogP contribution in [0.3, 0.4) is 0 Å². The van der Waals surface area contributed by atoms with Gasteiger partial charge in [0.25, 0.3) is 0 Å². The van der Waals surface area contributed by atoms with Crippen molar-refractivity contribution in [2.24, 2.45) is 5.92 Å². The SMILES string of the molecule is Cc1cc2c(n1-c1nnc(CC(C)C)s1)CCCC2=O. The number of ketones is 1. The normalized spacial score (nSPS) is 14.9. The lowest BCUT2D eigenvalue weighted by Crippen LogP contribution is -2.12. The first-order chi connectivity index (χ1) is 9.56. The molecule has 0 aliphatic heterocycles. The molecule has 0 saturated heterocycles. The molecular weight excluding hydrogens is 270 g/mol. The highest BCUT2D eigenvalue weighted by Gasteiger charge is 2.24. The van der Waals surface area contributed by atoms with Gasteiger partial charge in [0.1, 0.15) is 5.01 Å². The van der Waals surface area contributed by atoms with Crippen LogP contribution in [0, 0.1) is 12.8 Å². The fourth-order valence-corrected chi connectivity index (χ4v) is 3.90. The van der Waals surface area contributed by atoms with E-state index in [2.05, 4.69) is 28.6 Å². The zero-order chi connectivity index (χ0) is 14.3. The van der Waals surface area contributed by atoms with E-state index >= 15 is 0 Å². The molecule has 2 aromatic rings. The van der Waals surface area contributed by atoms with E-state index in [4.69, 9.17) is 0 Å². The summed E-state index contributed by atoms with van der Waals surface area (Å²) in [5.74, 6) is 0.845. The largest absolute Gasteiger partial charge is 0.294 e. The summed E-state index contributed by atoms with van der Waals surface area (Å²) in [4.78, 5) is 12.0. The van der Waals surface area contributed by atoms with Crippen LogP contribution in [-0.4, -0.2) is 20.5 Å². The zero-order valence-electron chi connectivity index (χ0n) is 12.1. The summed E-state index contributed by atoms with van der Waals surface area (Å²) in [6, 6.07) is 2.00. The molecule has 3 rings (SSSR count). The van der Waals surface area contributed by atoms with Crippen molar-refractivity contribution in [2.75, 3.05) is 0 Å². The van der Waals surface area contributed by atoms with Gasteiger partial charge in [-0.05, 0) is 31.7 Å². The first-order valence-corrected chi connectivity index (χ1v) is 7.95. The molecule has 5 heteroatoms. The molecule has 0 bridgehead atoms. The predicted octanol–water partition coefficient (Wildman–Crippen LogP) is 3.35. The molecule has 106 valence electrons. The molecular formula is C15H19N3OS. The number of aromatic nitrogens is 3. The number of aryl methyl sites for hydroxylation is 1. The molecule has 2 heterocycles. The third-order valence-corrected chi connectivity index (χ3v) is 4.57. The number of fused-ring (bicyclic) bond motifs is 1. The Balaban J connectivity index is 2.02. The van der Waals surface area contributed by atoms with Crippen LogP contribution in [0.2, 0.25) is 0 Å². The lowest BCUT2D eigenvalue weighted by Gasteiger charge is -2.13. The Bertz CT molecular complexity index is 654. The second-order valence-corrected chi connectivity index (χ2v) is 6.88. The molecule has 20 heavy (non-hydrogen) atoms. The zero-order valence-corrected chi connectivity index (χ0v) is 13.0. The highest BCUT2D eigenvalue weighted by atomic mass is 32.1. The standard InChI is InChI=1S/C15H19N3OS/c1-9(2)7-14-16-17-15(20-14)18-10(3)8-11-12(18)5-4-6-13(11)19/h8-9H,4-7H2,1-3H3. The molecule has 0 N–H and O–H groups in total. The summed E-state index contributed by atoms with van der Waals surface area (Å²) < 4.78 is 2.12. The average Bonchev–Trinajstić information content (AvgIpc) is 2.93. The van der Waals surface area contributed by atoms with Gasteiger partial charge in [0, 0.05) is 29.8 Å². The van der Waals surface area contributed by atoms with Crippen LogP contribution in [0.15, 0.2) is 6.07 Å². The quantitative estimate of drug-likeness (QED) is 0.870. The molecule has 4 nitrogen and oxygen atoms in total. The number of nitrogens with zero attached hydrogens (tertiary/aromatic N) is 3. The summed E-state index contributed by atoms with van der Waals surface area (Å²) in [6.07, 6.45) is 3.52. The van der Waals surface area contributed by atoms with Gasteiger partial charge in [-0.15, -0.1) is 10.2 Å². The Morgan fingerprint density at radius 2 is 2.15 bits per heavy atom. The molecule has 0 fully saturated rings. The molecule has 1 aliphatic rings. The van der Waals surface area contributed by atoms with Crippen molar-refractivity contribution >= 4 is 17.1 Å². The lowest BCUT2D eigenvalue weighted by molar-refractivity contribution is 0.0972. The Kier molecular flexibility index (Phi) is 3.46. The maximum absolute atomic E-state index is 12.0. The third-order valence-electron chi connectivity index (χ3n) is 3.63. The maximum atomic E-state index is 12.0. The molecule has 0 unspecified atom stereocenters. The summed E-state index contributed by atoms with van der Waals surface area (Å²) in [5, 5.41) is 10.6. The van der Waals surface area contributed by atoms with Crippen LogP contribution in [0.25, 0.3) is 5.13 Å². The molecule has 0 spiro atoms. The monoisotopic (exact) mass is 289 g/mol. The first kappa shape index (κ1) is 13.5. The van der Waals surface area contributed by atoms with Gasteiger partial charge in [-0.3, -0.25) is 9.36 Å². The van der Waals surface area contributed by atoms with Gasteiger partial charge in [-0.25, -0.2) is 0 Å². The van der Waals surface area contributed by atoms with E-state index in [9.17, 15) is 4.79 Å². The molecule has 1 aliphatic carbocycles. The highest BCUT2D eigenvalue weighted by Crippen LogP contribution is 2.29. The Labute approximate surface area is 122 Å². The van der Waals surface area contributed by atoms with Crippen molar-refractivity contribution in [3.63, 3.8) is 0 Å². The fourth-order valence-electron chi connectivity index (χ4n) is 2.76. The van der Waals surface area contributed by atoms with E-state index in [-0.39, 0.29) is 5.78 Å². The van der Waals surface area contributed by atoms with Gasteiger partial charge < -0.3 is 0 Å². The molecule has 0 amide bonds. The van der Waals surface area contributed by atoms with Crippen LogP contribution in [0.1, 0.15) is 53.4 Å². The van der Waals surface area contributed by atoms with Crippen molar-refractivity contribution in [3.05, 3.63) is 28.0 Å². The van der Waals surface area contributed by atoms with Crippen LogP contribution in [0.4, 0.5) is 0 Å². The number of rotatable bonds is 3. The van der Waals surface area contributed by atoms with E-state index < -0.39 is 0 Å². The van der Waals surface area contributed by atoms with Gasteiger partial charge in [0.15, 0.2) is 5.78 Å². The molecule has 0 aromatic carbocycles. The summed E-state index contributed by atoms with van der Waals surface area (Å²) in [6.45, 7) is 6.40. The third kappa shape index (κ3) is 2.30. The van der Waals surface area contributed by atoms with Crippen LogP contribution in [-0.2, 0) is 12.8 Å². The van der Waals surface area contributed by atoms with Crippen molar-refractivity contribution in [1.29, 1.82) is 0 Å². The van der Waals surface area contributed by atoms with E-state index in [1.807, 2.05) is 13.0 Å². The Morgan fingerprint density at radius 1 is 1.35 bits per heavy atom. The fraction of sp³-hybridized carbons (Fsp3) is 0.533. The van der Waals surface area contributed by atoms with Gasteiger partial charge >= 0.3 is 0 Å². The lowest BCUT2D eigenvalue weighted by atomic mass is 9.97. The number of Topliss-reactive ketones (excluding diaryl/α,β-unsaturated/α-hetero) is 1. The smallest absolute Gasteiger partial charge is 0.216 e. The van der Waals surface area contributed by atoms with Crippen LogP contribution in [0.5, 0.6) is 0 Å². The molecule has 0 atom stereocenters. The average molecular weight is 289 g/mol. The predicted molar refractivity (Wildman–Crippen MR) is 79.8 cm³/mol. The van der Waals surface area contributed by atoms with Gasteiger partial charge in [0.05, 0.1) is 0 Å². The molecule has 0 radical (unpaired) electrons. The summed E-state index contributed by atoms with van der Waals surface area (Å²) >= 11 is 1.64.